The minimum atomic E-state index is -0.424. The zero-order chi connectivity index (χ0) is 28.2. The molecule has 3 aromatic rings. The summed E-state index contributed by atoms with van der Waals surface area (Å²) in [4.78, 5) is 35.4. The van der Waals surface area contributed by atoms with E-state index in [0.29, 0.717) is 24.6 Å². The Balaban J connectivity index is 1.22. The van der Waals surface area contributed by atoms with E-state index in [1.807, 2.05) is 40.6 Å². The van der Waals surface area contributed by atoms with E-state index in [4.69, 9.17) is 0 Å². The maximum atomic E-state index is 13.9. The van der Waals surface area contributed by atoms with Crippen LogP contribution >= 0.6 is 11.3 Å². The van der Waals surface area contributed by atoms with Gasteiger partial charge in [-0.25, -0.2) is 0 Å². The largest absolute Gasteiger partial charge is 0.369 e. The number of hydrogen-bond donors (Lipinski definition) is 1. The van der Waals surface area contributed by atoms with Gasteiger partial charge >= 0.3 is 0 Å². The summed E-state index contributed by atoms with van der Waals surface area (Å²) in [5.41, 5.74) is 5.48. The molecule has 1 N–H and O–H groups in total. The normalized spacial score (nSPS) is 19.7. The van der Waals surface area contributed by atoms with Crippen molar-refractivity contribution < 1.29 is 9.59 Å². The highest BCUT2D eigenvalue weighted by atomic mass is 32.1. The van der Waals surface area contributed by atoms with Crippen LogP contribution in [0.25, 0.3) is 0 Å². The summed E-state index contributed by atoms with van der Waals surface area (Å²) in [6, 6.07) is 18.1. The van der Waals surface area contributed by atoms with Crippen LogP contribution in [-0.2, 0) is 4.79 Å². The number of aryl methyl sites for hydroxylation is 2. The van der Waals surface area contributed by atoms with Gasteiger partial charge in [0.2, 0.25) is 5.91 Å². The highest BCUT2D eigenvalue weighted by Gasteiger charge is 2.44. The van der Waals surface area contributed by atoms with Crippen molar-refractivity contribution >= 4 is 28.8 Å². The third-order valence-electron chi connectivity index (χ3n) is 8.15. The highest BCUT2D eigenvalue weighted by Crippen LogP contribution is 2.44. The molecule has 212 valence electrons. The summed E-state index contributed by atoms with van der Waals surface area (Å²) >= 11 is 1.62. The third-order valence-corrected chi connectivity index (χ3v) is 9.09. The molecule has 2 amide bonds. The maximum Gasteiger partial charge on any atom is 0.254 e. The second kappa shape index (κ2) is 12.6. The van der Waals surface area contributed by atoms with Gasteiger partial charge in [-0.2, -0.15) is 0 Å². The summed E-state index contributed by atoms with van der Waals surface area (Å²) in [5, 5.41) is 5.28. The number of rotatable bonds is 9. The lowest BCUT2D eigenvalue weighted by Gasteiger charge is -2.42. The molecule has 3 heterocycles. The molecule has 7 heteroatoms. The number of carbonyl (C=O) groups excluding carboxylic acids is 2. The van der Waals surface area contributed by atoms with Crippen molar-refractivity contribution in [2.24, 2.45) is 5.92 Å². The number of piperazine rings is 1. The first-order valence-corrected chi connectivity index (χ1v) is 15.5. The first-order chi connectivity index (χ1) is 19.3. The SMILES string of the molecule is Cc1ccc(C)c(N2CCN(CCCNC(=O)[C@@H]3c4ccccc4C(=O)N(CC(C)C)[C@@H]3c3cccs3)CC2)c1. The van der Waals surface area contributed by atoms with Gasteiger partial charge in [-0.15, -0.1) is 11.3 Å². The van der Waals surface area contributed by atoms with Gasteiger partial charge in [-0.3, -0.25) is 14.5 Å². The molecule has 2 aliphatic heterocycles. The minimum absolute atomic E-state index is 0.00634. The molecule has 6 nitrogen and oxygen atoms in total. The molecule has 0 aliphatic carbocycles. The zero-order valence-corrected chi connectivity index (χ0v) is 25.0. The van der Waals surface area contributed by atoms with Crippen molar-refractivity contribution in [3.8, 4) is 0 Å². The quantitative estimate of drug-likeness (QED) is 0.346. The van der Waals surface area contributed by atoms with Crippen LogP contribution in [0.5, 0.6) is 0 Å². The van der Waals surface area contributed by atoms with Crippen molar-refractivity contribution in [1.82, 2.24) is 15.1 Å². The molecule has 0 bridgehead atoms. The Hall–Kier alpha value is -3.16. The Kier molecular flexibility index (Phi) is 8.91. The second-order valence-corrected chi connectivity index (χ2v) is 12.6. The van der Waals surface area contributed by atoms with E-state index in [-0.39, 0.29) is 17.9 Å². The van der Waals surface area contributed by atoms with Gasteiger partial charge < -0.3 is 15.1 Å². The van der Waals surface area contributed by atoms with Crippen molar-refractivity contribution in [3.05, 3.63) is 87.1 Å². The first kappa shape index (κ1) is 28.4. The average molecular weight is 559 g/mol. The summed E-state index contributed by atoms with van der Waals surface area (Å²) in [6.45, 7) is 14.9. The van der Waals surface area contributed by atoms with Gasteiger partial charge in [0.15, 0.2) is 0 Å². The summed E-state index contributed by atoms with van der Waals surface area (Å²) in [7, 11) is 0. The molecule has 0 saturated carbocycles. The van der Waals surface area contributed by atoms with Crippen LogP contribution in [0.15, 0.2) is 60.0 Å². The summed E-state index contributed by atoms with van der Waals surface area (Å²) < 4.78 is 0. The first-order valence-electron chi connectivity index (χ1n) is 14.6. The van der Waals surface area contributed by atoms with Crippen molar-refractivity contribution in [3.63, 3.8) is 0 Å². The van der Waals surface area contributed by atoms with Crippen molar-refractivity contribution in [1.29, 1.82) is 0 Å². The molecule has 5 rings (SSSR count). The number of nitrogens with one attached hydrogen (secondary N) is 1. The van der Waals surface area contributed by atoms with Crippen LogP contribution in [-0.4, -0.2) is 67.4 Å². The second-order valence-electron chi connectivity index (χ2n) is 11.6. The molecule has 1 saturated heterocycles. The average Bonchev–Trinajstić information content (AvgIpc) is 3.48. The Labute approximate surface area is 243 Å². The molecule has 40 heavy (non-hydrogen) atoms. The van der Waals surface area contributed by atoms with Gasteiger partial charge in [-0.05, 0) is 73.0 Å². The lowest BCUT2D eigenvalue weighted by Crippen LogP contribution is -2.49. The molecular formula is C33H42N4O2S. The predicted octanol–water partition coefficient (Wildman–Crippen LogP) is 5.63. The van der Waals surface area contributed by atoms with Crippen LogP contribution in [0.1, 0.15) is 64.2 Å². The van der Waals surface area contributed by atoms with Crippen LogP contribution < -0.4 is 10.2 Å². The van der Waals surface area contributed by atoms with Crippen LogP contribution in [0.3, 0.4) is 0 Å². The van der Waals surface area contributed by atoms with Gasteiger partial charge in [0.1, 0.15) is 0 Å². The molecule has 2 aliphatic rings. The number of benzene rings is 2. The fourth-order valence-corrected chi connectivity index (χ4v) is 7.02. The van der Waals surface area contributed by atoms with E-state index in [2.05, 4.69) is 67.1 Å². The smallest absolute Gasteiger partial charge is 0.254 e. The molecule has 1 aromatic heterocycles. The fraction of sp³-hybridized carbons (Fsp3) is 0.455. The van der Waals surface area contributed by atoms with E-state index in [1.54, 1.807) is 11.3 Å². The van der Waals surface area contributed by atoms with E-state index in [1.165, 1.54) is 16.8 Å². The molecule has 0 spiro atoms. The van der Waals surface area contributed by atoms with E-state index >= 15 is 0 Å². The van der Waals surface area contributed by atoms with Crippen LogP contribution in [0.2, 0.25) is 0 Å². The van der Waals surface area contributed by atoms with Gasteiger partial charge in [-0.1, -0.05) is 50.2 Å². The van der Waals surface area contributed by atoms with Crippen LogP contribution in [0.4, 0.5) is 5.69 Å². The number of hydrogen-bond acceptors (Lipinski definition) is 5. The number of fused-ring (bicyclic) bond motifs is 1. The Morgan fingerprint density at radius 2 is 1.80 bits per heavy atom. The zero-order valence-electron chi connectivity index (χ0n) is 24.2. The number of carbonyl (C=O) groups is 2. The van der Waals surface area contributed by atoms with Crippen molar-refractivity contribution in [2.45, 2.75) is 46.1 Å². The van der Waals surface area contributed by atoms with E-state index in [9.17, 15) is 9.59 Å². The Morgan fingerprint density at radius 1 is 1.02 bits per heavy atom. The molecule has 2 atom stereocenters. The topological polar surface area (TPSA) is 55.9 Å². The molecule has 0 unspecified atom stereocenters. The Morgan fingerprint density at radius 3 is 2.52 bits per heavy atom. The monoisotopic (exact) mass is 558 g/mol. The summed E-state index contributed by atoms with van der Waals surface area (Å²) in [6.07, 6.45) is 0.905. The standard InChI is InChI=1S/C33H42N4O2S/c1-23(2)22-37-31(29-11-7-20-40-29)30(26-9-5-6-10-27(26)33(37)39)32(38)34-14-8-15-35-16-18-36(19-17-35)28-21-24(3)12-13-25(28)4/h5-7,9-13,20-21,23,30-31H,8,14-19,22H2,1-4H3,(H,34,38)/t30-,31-/m1/s1. The summed E-state index contributed by atoms with van der Waals surface area (Å²) in [5.74, 6) is -0.0957. The lowest BCUT2D eigenvalue weighted by atomic mass is 9.81. The number of amides is 2. The number of thiophene rings is 1. The van der Waals surface area contributed by atoms with Crippen LogP contribution in [0, 0.1) is 19.8 Å². The molecular weight excluding hydrogens is 516 g/mol. The molecule has 2 aromatic carbocycles. The van der Waals surface area contributed by atoms with Gasteiger partial charge in [0.25, 0.3) is 5.91 Å². The maximum absolute atomic E-state index is 13.9. The van der Waals surface area contributed by atoms with E-state index in [0.717, 1.165) is 49.6 Å². The number of nitrogens with zero attached hydrogens (tertiary/aromatic N) is 3. The van der Waals surface area contributed by atoms with Gasteiger partial charge in [0.05, 0.1) is 12.0 Å². The van der Waals surface area contributed by atoms with Gasteiger partial charge in [0, 0.05) is 55.4 Å². The minimum Gasteiger partial charge on any atom is -0.369 e. The molecule has 1 fully saturated rings. The van der Waals surface area contributed by atoms with Crippen molar-refractivity contribution in [2.75, 3.05) is 50.7 Å². The predicted molar refractivity (Wildman–Crippen MR) is 164 cm³/mol. The van der Waals surface area contributed by atoms with E-state index < -0.39 is 5.92 Å². The Bertz CT molecular complexity index is 1310. The number of anilines is 1. The fourth-order valence-electron chi connectivity index (χ4n) is 6.14. The highest BCUT2D eigenvalue weighted by molar-refractivity contribution is 7.10. The molecule has 0 radical (unpaired) electrons. The third kappa shape index (κ3) is 6.11. The lowest BCUT2D eigenvalue weighted by molar-refractivity contribution is -0.124.